The van der Waals surface area contributed by atoms with Crippen molar-refractivity contribution in [3.63, 3.8) is 0 Å². The Hall–Kier alpha value is -4.51. The Labute approximate surface area is 267 Å². The fourth-order valence-electron chi connectivity index (χ4n) is 4.81. The Kier molecular flexibility index (Phi) is 8.74. The lowest BCUT2D eigenvalue weighted by Crippen LogP contribution is -2.29. The number of halogens is 1. The predicted molar refractivity (Wildman–Crippen MR) is 172 cm³/mol. The van der Waals surface area contributed by atoms with Crippen LogP contribution < -0.4 is 9.64 Å². The number of carbonyl (C=O) groups is 2. The van der Waals surface area contributed by atoms with Crippen molar-refractivity contribution in [2.45, 2.75) is 29.7 Å². The highest BCUT2D eigenvalue weighted by Crippen LogP contribution is 2.44. The molecular weight excluding hydrogens is 616 g/mol. The molecule has 1 aliphatic heterocycles. The van der Waals surface area contributed by atoms with E-state index in [-0.39, 0.29) is 16.5 Å². The van der Waals surface area contributed by atoms with E-state index in [9.17, 15) is 14.7 Å². The molecule has 6 rings (SSSR count). The Bertz CT molecular complexity index is 1840. The number of hydrogen-bond donors (Lipinski definition) is 1. The molecule has 1 N–H and O–H groups in total. The molecule has 44 heavy (non-hydrogen) atoms. The zero-order valence-electron chi connectivity index (χ0n) is 23.4. The molecule has 1 saturated heterocycles. The zero-order chi connectivity index (χ0) is 30.6. The lowest BCUT2D eigenvalue weighted by atomic mass is 9.96. The van der Waals surface area contributed by atoms with Crippen molar-refractivity contribution in [2.24, 2.45) is 0 Å². The number of hydrogen-bond acceptors (Lipinski definition) is 9. The maximum atomic E-state index is 13.5. The molecule has 5 aromatic rings. The topological polar surface area (TPSA) is 106 Å². The normalized spacial score (nSPS) is 16.0. The number of aliphatic hydroxyl groups is 1. The first kappa shape index (κ1) is 29.6. The van der Waals surface area contributed by atoms with Crippen LogP contribution in [0.3, 0.4) is 0 Å². The molecule has 1 atom stereocenters. The van der Waals surface area contributed by atoms with Gasteiger partial charge in [0.15, 0.2) is 4.34 Å². The first-order valence-electron chi connectivity index (χ1n) is 13.6. The fraction of sp³-hybridized carbons (Fsp3) is 0.121. The van der Waals surface area contributed by atoms with Gasteiger partial charge in [-0.1, -0.05) is 76.7 Å². The summed E-state index contributed by atoms with van der Waals surface area (Å²) in [6.45, 7) is 2.41. The molecule has 0 saturated carbocycles. The first-order chi connectivity index (χ1) is 21.4. The minimum Gasteiger partial charge on any atom is -0.507 e. The second-order valence-corrected chi connectivity index (χ2v) is 12.6. The van der Waals surface area contributed by atoms with Gasteiger partial charge in [0.1, 0.15) is 18.1 Å². The number of amides is 1. The number of aryl methyl sites for hydroxylation is 1. The number of nitrogens with zero attached hydrogens (tertiary/aromatic N) is 4. The molecule has 1 amide bonds. The molecule has 220 valence electrons. The number of rotatable bonds is 9. The van der Waals surface area contributed by atoms with Crippen LogP contribution in [0.1, 0.15) is 33.9 Å². The SMILES string of the molecule is Cc1cccc(COc2ccc(C(O)=C3C(=O)C(=O)N(c4nnc(SCc5ccc(Cl)cc5)s4)C3c3ccncc3)cc2)c1. The van der Waals surface area contributed by atoms with Gasteiger partial charge in [0.2, 0.25) is 5.13 Å². The van der Waals surface area contributed by atoms with Crippen LogP contribution in [0, 0.1) is 6.92 Å². The van der Waals surface area contributed by atoms with Gasteiger partial charge < -0.3 is 9.84 Å². The quantitative estimate of drug-likeness (QED) is 0.0584. The summed E-state index contributed by atoms with van der Waals surface area (Å²) < 4.78 is 6.54. The molecule has 2 aromatic heterocycles. The number of Topliss-reactive ketones (excluding diaryl/α,β-unsaturated/α-hetero) is 1. The third-order valence-electron chi connectivity index (χ3n) is 6.96. The minimum absolute atomic E-state index is 0.0415. The van der Waals surface area contributed by atoms with Gasteiger partial charge in [-0.2, -0.15) is 0 Å². The van der Waals surface area contributed by atoms with Gasteiger partial charge in [-0.05, 0) is 72.1 Å². The lowest BCUT2D eigenvalue weighted by Gasteiger charge is -2.22. The molecule has 8 nitrogen and oxygen atoms in total. The van der Waals surface area contributed by atoms with Crippen molar-refractivity contribution in [3.8, 4) is 5.75 Å². The van der Waals surface area contributed by atoms with E-state index in [2.05, 4.69) is 21.2 Å². The summed E-state index contributed by atoms with van der Waals surface area (Å²) in [6, 6.07) is 24.8. The largest absolute Gasteiger partial charge is 0.507 e. The lowest BCUT2D eigenvalue weighted by molar-refractivity contribution is -0.132. The van der Waals surface area contributed by atoms with Crippen LogP contribution in [0.4, 0.5) is 5.13 Å². The van der Waals surface area contributed by atoms with E-state index in [1.54, 1.807) is 48.8 Å². The van der Waals surface area contributed by atoms with Crippen LogP contribution in [0.25, 0.3) is 5.76 Å². The Morgan fingerprint density at radius 3 is 2.45 bits per heavy atom. The smallest absolute Gasteiger partial charge is 0.301 e. The van der Waals surface area contributed by atoms with Crippen molar-refractivity contribution >= 4 is 57.3 Å². The Morgan fingerprint density at radius 2 is 1.73 bits per heavy atom. The molecular formula is C33H25ClN4O4S2. The second-order valence-electron chi connectivity index (χ2n) is 10.0. The Balaban J connectivity index is 1.27. The monoisotopic (exact) mass is 640 g/mol. The van der Waals surface area contributed by atoms with E-state index in [0.29, 0.717) is 38.6 Å². The number of thioether (sulfide) groups is 1. The van der Waals surface area contributed by atoms with Gasteiger partial charge in [-0.3, -0.25) is 19.5 Å². The molecule has 0 radical (unpaired) electrons. The number of ketones is 1. The number of ether oxygens (including phenoxy) is 1. The molecule has 0 bridgehead atoms. The molecule has 3 aromatic carbocycles. The number of aliphatic hydroxyl groups excluding tert-OH is 1. The molecule has 0 aliphatic carbocycles. The Morgan fingerprint density at radius 1 is 0.977 bits per heavy atom. The average molecular weight is 641 g/mol. The number of benzene rings is 3. The molecule has 1 fully saturated rings. The van der Waals surface area contributed by atoms with Crippen LogP contribution in [-0.2, 0) is 21.9 Å². The molecule has 3 heterocycles. The second kappa shape index (κ2) is 13.0. The summed E-state index contributed by atoms with van der Waals surface area (Å²) in [6.07, 6.45) is 3.15. The molecule has 11 heteroatoms. The van der Waals surface area contributed by atoms with E-state index in [4.69, 9.17) is 16.3 Å². The van der Waals surface area contributed by atoms with Crippen molar-refractivity contribution in [3.05, 3.63) is 136 Å². The number of pyridine rings is 1. The van der Waals surface area contributed by atoms with Gasteiger partial charge in [0.05, 0.1) is 11.6 Å². The highest BCUT2D eigenvalue weighted by Gasteiger charge is 2.48. The highest BCUT2D eigenvalue weighted by molar-refractivity contribution is 8.00. The van der Waals surface area contributed by atoms with E-state index in [1.807, 2.05) is 49.4 Å². The fourth-order valence-corrected chi connectivity index (χ4v) is 6.76. The number of anilines is 1. The van der Waals surface area contributed by atoms with Crippen LogP contribution in [0.15, 0.2) is 107 Å². The maximum absolute atomic E-state index is 13.5. The molecule has 1 aliphatic rings. The van der Waals surface area contributed by atoms with Gasteiger partial charge in [-0.25, -0.2) is 0 Å². The third kappa shape index (κ3) is 6.37. The third-order valence-corrected chi connectivity index (χ3v) is 9.34. The van der Waals surface area contributed by atoms with E-state index >= 15 is 0 Å². The van der Waals surface area contributed by atoms with Gasteiger partial charge in [-0.15, -0.1) is 10.2 Å². The minimum atomic E-state index is -0.919. The first-order valence-corrected chi connectivity index (χ1v) is 15.8. The average Bonchev–Trinajstić information content (AvgIpc) is 3.62. The highest BCUT2D eigenvalue weighted by atomic mass is 35.5. The summed E-state index contributed by atoms with van der Waals surface area (Å²) in [7, 11) is 0. The van der Waals surface area contributed by atoms with Crippen LogP contribution in [-0.4, -0.2) is 32.0 Å². The van der Waals surface area contributed by atoms with E-state index in [0.717, 1.165) is 16.7 Å². The van der Waals surface area contributed by atoms with E-state index < -0.39 is 17.7 Å². The number of carbonyl (C=O) groups excluding carboxylic acids is 2. The summed E-state index contributed by atoms with van der Waals surface area (Å²) in [5, 5.41) is 20.9. The molecule has 0 spiro atoms. The van der Waals surface area contributed by atoms with Crippen LogP contribution in [0.5, 0.6) is 5.75 Å². The number of aromatic nitrogens is 3. The summed E-state index contributed by atoms with van der Waals surface area (Å²) in [4.78, 5) is 32.3. The van der Waals surface area contributed by atoms with E-state index in [1.165, 1.54) is 28.0 Å². The predicted octanol–water partition coefficient (Wildman–Crippen LogP) is 7.39. The summed E-state index contributed by atoms with van der Waals surface area (Å²) in [5.74, 6) is -0.665. The van der Waals surface area contributed by atoms with Crippen LogP contribution in [0.2, 0.25) is 5.02 Å². The standard InChI is InChI=1S/C33H25ClN4O4S2/c1-20-3-2-4-22(17-20)18-42-26-11-7-24(8-12-26)29(39)27-28(23-13-15-35-16-14-23)38(31(41)30(27)40)32-36-37-33(44-32)43-19-21-5-9-25(34)10-6-21/h2-17,28,39H,18-19H2,1H3. The van der Waals surface area contributed by atoms with Gasteiger partial charge >= 0.3 is 5.91 Å². The van der Waals surface area contributed by atoms with Gasteiger partial charge in [0, 0.05) is 28.7 Å². The van der Waals surface area contributed by atoms with Crippen molar-refractivity contribution in [1.82, 2.24) is 15.2 Å². The van der Waals surface area contributed by atoms with Crippen molar-refractivity contribution < 1.29 is 19.4 Å². The summed E-state index contributed by atoms with van der Waals surface area (Å²) >= 11 is 8.66. The molecule has 1 unspecified atom stereocenters. The van der Waals surface area contributed by atoms with Crippen molar-refractivity contribution in [1.29, 1.82) is 0 Å². The summed E-state index contributed by atoms with van der Waals surface area (Å²) in [5.41, 5.74) is 4.18. The van der Waals surface area contributed by atoms with Gasteiger partial charge in [0.25, 0.3) is 5.78 Å². The maximum Gasteiger partial charge on any atom is 0.301 e. The van der Waals surface area contributed by atoms with Crippen molar-refractivity contribution in [2.75, 3.05) is 4.90 Å². The zero-order valence-corrected chi connectivity index (χ0v) is 25.8. The van der Waals surface area contributed by atoms with Crippen LogP contribution >= 0.6 is 34.7 Å².